The van der Waals surface area contributed by atoms with Gasteiger partial charge >= 0.3 is 0 Å². The number of fused-ring (bicyclic) bond motifs is 1. The number of piperidine rings is 1. The number of aromatic nitrogens is 1. The van der Waals surface area contributed by atoms with Crippen LogP contribution in [0.4, 0.5) is 0 Å². The van der Waals surface area contributed by atoms with Gasteiger partial charge in [0.1, 0.15) is 0 Å². The molecule has 2 amide bonds. The molecule has 1 aromatic carbocycles. The number of nitrogens with one attached hydrogen (secondary N) is 1. The highest BCUT2D eigenvalue weighted by Crippen LogP contribution is 2.37. The lowest BCUT2D eigenvalue weighted by atomic mass is 9.77. The molecule has 2 atom stereocenters. The third kappa shape index (κ3) is 2.53. The van der Waals surface area contributed by atoms with Gasteiger partial charge in [-0.2, -0.15) is 0 Å². The highest BCUT2D eigenvalue weighted by molar-refractivity contribution is 6.00. The zero-order valence-electron chi connectivity index (χ0n) is 12.0. The molecule has 1 aliphatic heterocycles. The summed E-state index contributed by atoms with van der Waals surface area (Å²) in [6, 6.07) is 9.87. The first-order chi connectivity index (χ1) is 10.2. The molecule has 2 unspecified atom stereocenters. The predicted octanol–water partition coefficient (Wildman–Crippen LogP) is 2.78. The van der Waals surface area contributed by atoms with Gasteiger partial charge in [-0.15, -0.1) is 0 Å². The van der Waals surface area contributed by atoms with Gasteiger partial charge in [0.25, 0.3) is 0 Å². The van der Waals surface area contributed by atoms with E-state index in [1.54, 1.807) is 6.20 Å². The lowest BCUT2D eigenvalue weighted by molar-refractivity contribution is -0.137. The van der Waals surface area contributed by atoms with Gasteiger partial charge in [-0.1, -0.05) is 37.6 Å². The quantitative estimate of drug-likeness (QED) is 0.881. The Morgan fingerprint density at radius 2 is 2.05 bits per heavy atom. The van der Waals surface area contributed by atoms with Crippen LogP contribution in [-0.4, -0.2) is 16.8 Å². The van der Waals surface area contributed by atoms with Crippen LogP contribution < -0.4 is 5.32 Å². The van der Waals surface area contributed by atoms with Gasteiger partial charge in [-0.05, 0) is 18.1 Å². The third-order valence-corrected chi connectivity index (χ3v) is 4.15. The molecule has 2 heterocycles. The van der Waals surface area contributed by atoms with E-state index in [0.717, 1.165) is 29.3 Å². The summed E-state index contributed by atoms with van der Waals surface area (Å²) in [5.74, 6) is -0.568. The van der Waals surface area contributed by atoms with E-state index < -0.39 is 0 Å². The fourth-order valence-electron chi connectivity index (χ4n) is 3.20. The van der Waals surface area contributed by atoms with Crippen molar-refractivity contribution in [1.29, 1.82) is 0 Å². The number of pyridine rings is 1. The third-order valence-electron chi connectivity index (χ3n) is 4.15. The second-order valence-electron chi connectivity index (χ2n) is 5.54. The fraction of sp³-hybridized carbons (Fsp3) is 0.353. The van der Waals surface area contributed by atoms with Gasteiger partial charge < -0.3 is 0 Å². The second kappa shape index (κ2) is 5.64. The monoisotopic (exact) mass is 282 g/mol. The molecule has 4 nitrogen and oxygen atoms in total. The van der Waals surface area contributed by atoms with Crippen molar-refractivity contribution in [1.82, 2.24) is 10.3 Å². The van der Waals surface area contributed by atoms with Crippen LogP contribution in [0.5, 0.6) is 0 Å². The summed E-state index contributed by atoms with van der Waals surface area (Å²) in [6.07, 6.45) is 3.81. The van der Waals surface area contributed by atoms with Crippen LogP contribution in [0, 0.1) is 5.92 Å². The van der Waals surface area contributed by atoms with E-state index in [2.05, 4.69) is 17.2 Å². The molecule has 1 fully saturated rings. The number of carbonyl (C=O) groups excluding carboxylic acids is 2. The van der Waals surface area contributed by atoms with E-state index in [4.69, 9.17) is 0 Å². The minimum Gasteiger partial charge on any atom is -0.296 e. The Bertz CT molecular complexity index is 691. The normalized spacial score (nSPS) is 22.3. The van der Waals surface area contributed by atoms with Crippen molar-refractivity contribution in [3.05, 3.63) is 42.1 Å². The lowest BCUT2D eigenvalue weighted by Gasteiger charge is -2.30. The predicted molar refractivity (Wildman–Crippen MR) is 80.6 cm³/mol. The van der Waals surface area contributed by atoms with Crippen molar-refractivity contribution in [3.8, 4) is 0 Å². The molecule has 4 heteroatoms. The Morgan fingerprint density at radius 3 is 2.86 bits per heavy atom. The Labute approximate surface area is 123 Å². The molecule has 1 aromatic heterocycles. The smallest absolute Gasteiger partial charge is 0.230 e. The van der Waals surface area contributed by atoms with Crippen molar-refractivity contribution in [2.24, 2.45) is 5.92 Å². The molecular formula is C17H18N2O2. The van der Waals surface area contributed by atoms with Crippen molar-refractivity contribution in [2.45, 2.75) is 32.1 Å². The molecule has 21 heavy (non-hydrogen) atoms. The highest BCUT2D eigenvalue weighted by atomic mass is 16.2. The molecule has 0 radical (unpaired) electrons. The summed E-state index contributed by atoms with van der Waals surface area (Å²) in [5, 5.41) is 3.51. The number of carbonyl (C=O) groups is 2. The minimum atomic E-state index is -0.190. The number of imide groups is 1. The number of amides is 2. The summed E-state index contributed by atoms with van der Waals surface area (Å²) >= 11 is 0. The maximum Gasteiger partial charge on any atom is 0.230 e. The van der Waals surface area contributed by atoms with E-state index in [0.29, 0.717) is 6.42 Å². The molecule has 0 bridgehead atoms. The van der Waals surface area contributed by atoms with Gasteiger partial charge in [0.15, 0.2) is 0 Å². The number of benzene rings is 1. The Balaban J connectivity index is 2.09. The molecule has 0 saturated carbocycles. The van der Waals surface area contributed by atoms with Crippen molar-refractivity contribution in [2.75, 3.05) is 0 Å². The summed E-state index contributed by atoms with van der Waals surface area (Å²) in [7, 11) is 0. The molecule has 0 aliphatic carbocycles. The number of nitrogens with zero attached hydrogens (tertiary/aromatic N) is 1. The maximum atomic E-state index is 12.2. The second-order valence-corrected chi connectivity index (χ2v) is 5.54. The molecule has 1 aliphatic rings. The zero-order valence-corrected chi connectivity index (χ0v) is 12.0. The topological polar surface area (TPSA) is 59.1 Å². The first kappa shape index (κ1) is 13.7. The molecule has 2 aromatic rings. The fourth-order valence-corrected chi connectivity index (χ4v) is 3.20. The lowest BCUT2D eigenvalue weighted by Crippen LogP contribution is -2.44. The molecule has 1 N–H and O–H groups in total. The Hall–Kier alpha value is -2.23. The average molecular weight is 282 g/mol. The van der Waals surface area contributed by atoms with Crippen molar-refractivity contribution >= 4 is 22.7 Å². The summed E-state index contributed by atoms with van der Waals surface area (Å²) in [5.41, 5.74) is 1.91. The van der Waals surface area contributed by atoms with E-state index in [-0.39, 0.29) is 23.7 Å². The van der Waals surface area contributed by atoms with Gasteiger partial charge in [-0.3, -0.25) is 19.9 Å². The SMILES string of the molecule is CCCC1C(=O)NC(=O)CC1c1cccc2cccnc12. The van der Waals surface area contributed by atoms with Gasteiger partial charge in [0, 0.05) is 29.8 Å². The van der Waals surface area contributed by atoms with Gasteiger partial charge in [-0.25, -0.2) is 0 Å². The Kier molecular flexibility index (Phi) is 3.69. The van der Waals surface area contributed by atoms with Crippen LogP contribution in [0.3, 0.4) is 0 Å². The van der Waals surface area contributed by atoms with E-state index in [1.165, 1.54) is 0 Å². The zero-order chi connectivity index (χ0) is 14.8. The Morgan fingerprint density at radius 1 is 1.24 bits per heavy atom. The summed E-state index contributed by atoms with van der Waals surface area (Å²) in [6.45, 7) is 2.06. The number of hydrogen-bond acceptors (Lipinski definition) is 3. The minimum absolute atomic E-state index is 0.0789. The van der Waals surface area contributed by atoms with Gasteiger partial charge in [0.2, 0.25) is 11.8 Å². The summed E-state index contributed by atoms with van der Waals surface area (Å²) < 4.78 is 0. The van der Waals surface area contributed by atoms with Crippen LogP contribution in [-0.2, 0) is 9.59 Å². The van der Waals surface area contributed by atoms with Crippen molar-refractivity contribution < 1.29 is 9.59 Å². The molecular weight excluding hydrogens is 264 g/mol. The van der Waals surface area contributed by atoms with E-state index in [9.17, 15) is 9.59 Å². The van der Waals surface area contributed by atoms with Crippen LogP contribution in [0.15, 0.2) is 36.5 Å². The first-order valence-electron chi connectivity index (χ1n) is 7.38. The molecule has 3 rings (SSSR count). The highest BCUT2D eigenvalue weighted by Gasteiger charge is 2.36. The average Bonchev–Trinajstić information content (AvgIpc) is 2.49. The number of rotatable bonds is 3. The van der Waals surface area contributed by atoms with Crippen LogP contribution >= 0.6 is 0 Å². The maximum absolute atomic E-state index is 12.2. The largest absolute Gasteiger partial charge is 0.296 e. The van der Waals surface area contributed by atoms with Crippen LogP contribution in [0.2, 0.25) is 0 Å². The summed E-state index contributed by atoms with van der Waals surface area (Å²) in [4.78, 5) is 28.4. The first-order valence-corrected chi connectivity index (χ1v) is 7.38. The van der Waals surface area contributed by atoms with E-state index in [1.807, 2.05) is 30.3 Å². The molecule has 0 spiro atoms. The number of hydrogen-bond donors (Lipinski definition) is 1. The van der Waals surface area contributed by atoms with Gasteiger partial charge in [0.05, 0.1) is 5.52 Å². The van der Waals surface area contributed by atoms with Crippen LogP contribution in [0.25, 0.3) is 10.9 Å². The number of para-hydroxylation sites is 1. The standard InChI is InChI=1S/C17H18N2O2/c1-2-5-13-14(10-15(20)19-17(13)21)12-8-3-6-11-7-4-9-18-16(11)12/h3-4,6-9,13-14H,2,5,10H2,1H3,(H,19,20,21). The van der Waals surface area contributed by atoms with Crippen LogP contribution in [0.1, 0.15) is 37.7 Å². The molecule has 108 valence electrons. The van der Waals surface area contributed by atoms with Crippen molar-refractivity contribution in [3.63, 3.8) is 0 Å². The van der Waals surface area contributed by atoms with E-state index >= 15 is 0 Å². The molecule has 1 saturated heterocycles.